The number of ether oxygens (including phenoxy) is 1. The normalized spacial score (nSPS) is 17.8. The van der Waals surface area contributed by atoms with Crippen molar-refractivity contribution in [2.24, 2.45) is 0 Å². The minimum atomic E-state index is -4.87. The van der Waals surface area contributed by atoms with Crippen LogP contribution < -0.4 is 19.7 Å². The molecule has 10 nitrogen and oxygen atoms in total. The zero-order valence-corrected chi connectivity index (χ0v) is 18.4. The Bertz CT molecular complexity index is 1160. The van der Waals surface area contributed by atoms with Gasteiger partial charge in [0.15, 0.2) is 0 Å². The van der Waals surface area contributed by atoms with Gasteiger partial charge < -0.3 is 10.1 Å². The van der Waals surface area contributed by atoms with Crippen molar-refractivity contribution in [1.82, 2.24) is 14.6 Å². The van der Waals surface area contributed by atoms with Crippen LogP contribution in [0.25, 0.3) is 0 Å². The van der Waals surface area contributed by atoms with Crippen LogP contribution >= 0.6 is 0 Å². The number of halogens is 3. The zero-order chi connectivity index (χ0) is 24.6. The first-order valence-corrected chi connectivity index (χ1v) is 10.9. The fourth-order valence-corrected chi connectivity index (χ4v) is 3.64. The van der Waals surface area contributed by atoms with E-state index in [1.165, 1.54) is 26.4 Å². The van der Waals surface area contributed by atoms with Gasteiger partial charge in [0.05, 0.1) is 5.69 Å². The Morgan fingerprint density at radius 2 is 1.82 bits per heavy atom. The third kappa shape index (κ3) is 5.51. The molecule has 0 radical (unpaired) electrons. The number of nitrogens with zero attached hydrogens (tertiary/aromatic N) is 3. The number of nitrogens with one attached hydrogen (secondary N) is 2. The number of pyridine rings is 1. The van der Waals surface area contributed by atoms with Crippen LogP contribution in [0.2, 0.25) is 0 Å². The van der Waals surface area contributed by atoms with Crippen molar-refractivity contribution >= 4 is 33.7 Å². The Kier molecular flexibility index (Phi) is 6.51. The molecule has 2 atom stereocenters. The Balaban J connectivity index is 1.78. The molecule has 1 aromatic carbocycles. The van der Waals surface area contributed by atoms with Crippen molar-refractivity contribution in [3.8, 4) is 5.75 Å². The van der Waals surface area contributed by atoms with Gasteiger partial charge in [-0.2, -0.15) is 12.7 Å². The van der Waals surface area contributed by atoms with Gasteiger partial charge in [-0.3, -0.25) is 9.52 Å². The number of amides is 3. The average molecular weight is 487 g/mol. The topological polar surface area (TPSA) is 121 Å². The van der Waals surface area contributed by atoms with Gasteiger partial charge >= 0.3 is 22.6 Å². The maximum absolute atomic E-state index is 12.9. The van der Waals surface area contributed by atoms with E-state index in [2.05, 4.69) is 19.8 Å². The van der Waals surface area contributed by atoms with E-state index >= 15 is 0 Å². The third-order valence-electron chi connectivity index (χ3n) is 4.82. The number of alkyl halides is 3. The molecule has 178 valence electrons. The summed E-state index contributed by atoms with van der Waals surface area (Å²) >= 11 is 0. The summed E-state index contributed by atoms with van der Waals surface area (Å²) in [5, 5.41) is 2.55. The van der Waals surface area contributed by atoms with Gasteiger partial charge in [0.1, 0.15) is 17.6 Å². The van der Waals surface area contributed by atoms with Gasteiger partial charge in [0, 0.05) is 26.2 Å². The fraction of sp³-hybridized carbons (Fsp3) is 0.316. The molecule has 0 aliphatic carbocycles. The van der Waals surface area contributed by atoms with Crippen molar-refractivity contribution in [2.45, 2.75) is 25.2 Å². The summed E-state index contributed by atoms with van der Waals surface area (Å²) in [7, 11) is -1.11. The number of carbonyl (C=O) groups excluding carboxylic acids is 2. The molecule has 2 aromatic rings. The van der Waals surface area contributed by atoms with Crippen LogP contribution in [0, 0.1) is 0 Å². The molecule has 1 aliphatic rings. The van der Waals surface area contributed by atoms with Crippen molar-refractivity contribution < 1.29 is 35.9 Å². The van der Waals surface area contributed by atoms with E-state index in [0.29, 0.717) is 5.56 Å². The summed E-state index contributed by atoms with van der Waals surface area (Å²) in [6, 6.07) is 5.57. The summed E-state index contributed by atoms with van der Waals surface area (Å²) in [5.74, 6) is -1.66. The summed E-state index contributed by atoms with van der Waals surface area (Å²) in [5.41, 5.74) is 0.590. The van der Waals surface area contributed by atoms with Gasteiger partial charge in [0.2, 0.25) is 0 Å². The van der Waals surface area contributed by atoms with Crippen LogP contribution in [0.15, 0.2) is 42.6 Å². The smallest absolute Gasteiger partial charge is 0.406 e. The molecule has 0 bridgehead atoms. The highest BCUT2D eigenvalue weighted by Crippen LogP contribution is 2.30. The summed E-state index contributed by atoms with van der Waals surface area (Å²) in [6.07, 6.45) is -3.51. The van der Waals surface area contributed by atoms with E-state index < -0.39 is 46.2 Å². The molecule has 1 fully saturated rings. The van der Waals surface area contributed by atoms with Crippen LogP contribution in [0.4, 0.5) is 29.5 Å². The number of hydrogen-bond donors (Lipinski definition) is 2. The molecule has 2 unspecified atom stereocenters. The van der Waals surface area contributed by atoms with E-state index in [-0.39, 0.29) is 11.5 Å². The van der Waals surface area contributed by atoms with Crippen LogP contribution in [0.1, 0.15) is 18.4 Å². The molecule has 33 heavy (non-hydrogen) atoms. The lowest BCUT2D eigenvalue weighted by molar-refractivity contribution is -0.274. The summed E-state index contributed by atoms with van der Waals surface area (Å²) < 4.78 is 68.1. The molecule has 1 aromatic heterocycles. The quantitative estimate of drug-likeness (QED) is 0.579. The standard InChI is InChI=1S/C19H20F3N5O5S/c1-11(12-8-9-23-15(10-12)25-33(30,31)26(2)3)16-17(28)27(18(29)24-16)13-4-6-14(7-5-13)32-19(20,21)22/h4-11,16H,1-3H3,(H,23,25)(H,24,29). The summed E-state index contributed by atoms with van der Waals surface area (Å²) in [6.45, 7) is 1.66. The molecule has 0 saturated carbocycles. The highest BCUT2D eigenvalue weighted by atomic mass is 32.2. The lowest BCUT2D eigenvalue weighted by atomic mass is 9.94. The lowest BCUT2D eigenvalue weighted by Gasteiger charge is -2.19. The van der Waals surface area contributed by atoms with Gasteiger partial charge in [0.25, 0.3) is 5.91 Å². The molecule has 3 rings (SSSR count). The molecule has 3 amide bonds. The maximum Gasteiger partial charge on any atom is 0.573 e. The number of urea groups is 1. The zero-order valence-electron chi connectivity index (χ0n) is 17.6. The van der Waals surface area contributed by atoms with E-state index in [9.17, 15) is 31.2 Å². The third-order valence-corrected chi connectivity index (χ3v) is 6.25. The predicted molar refractivity (Wildman–Crippen MR) is 112 cm³/mol. The highest BCUT2D eigenvalue weighted by molar-refractivity contribution is 7.90. The molecular weight excluding hydrogens is 467 g/mol. The molecule has 1 saturated heterocycles. The van der Waals surface area contributed by atoms with Crippen LogP contribution in [0.5, 0.6) is 5.75 Å². The molecule has 2 heterocycles. The lowest BCUT2D eigenvalue weighted by Crippen LogP contribution is -2.35. The highest BCUT2D eigenvalue weighted by Gasteiger charge is 2.42. The number of anilines is 2. The largest absolute Gasteiger partial charge is 0.573 e. The second-order valence-corrected chi connectivity index (χ2v) is 9.18. The van der Waals surface area contributed by atoms with Crippen molar-refractivity contribution in [3.05, 3.63) is 48.2 Å². The van der Waals surface area contributed by atoms with Crippen molar-refractivity contribution in [2.75, 3.05) is 23.7 Å². The van der Waals surface area contributed by atoms with Crippen LogP contribution in [0.3, 0.4) is 0 Å². The first-order valence-electron chi connectivity index (χ1n) is 9.45. The number of aromatic nitrogens is 1. The Hall–Kier alpha value is -3.39. The molecular formula is C19H20F3N5O5S. The van der Waals surface area contributed by atoms with Crippen LogP contribution in [-0.4, -0.2) is 56.1 Å². The second-order valence-electron chi connectivity index (χ2n) is 7.30. The Morgan fingerprint density at radius 3 is 2.39 bits per heavy atom. The minimum Gasteiger partial charge on any atom is -0.406 e. The number of rotatable bonds is 7. The summed E-state index contributed by atoms with van der Waals surface area (Å²) in [4.78, 5) is 30.2. The van der Waals surface area contributed by atoms with E-state index in [1.54, 1.807) is 13.0 Å². The number of imide groups is 1. The molecule has 14 heteroatoms. The monoisotopic (exact) mass is 487 g/mol. The van der Waals surface area contributed by atoms with Gasteiger partial charge in [-0.05, 0) is 42.0 Å². The maximum atomic E-state index is 12.9. The second kappa shape index (κ2) is 8.86. The first-order chi connectivity index (χ1) is 15.3. The van der Waals surface area contributed by atoms with E-state index in [0.717, 1.165) is 33.5 Å². The van der Waals surface area contributed by atoms with Gasteiger partial charge in [-0.1, -0.05) is 6.92 Å². The average Bonchev–Trinajstić information content (AvgIpc) is 3.01. The first kappa shape index (κ1) is 24.3. The van der Waals surface area contributed by atoms with E-state index in [1.807, 2.05) is 0 Å². The van der Waals surface area contributed by atoms with Gasteiger partial charge in [-0.15, -0.1) is 13.2 Å². The SMILES string of the molecule is CC(c1ccnc(NS(=O)(=O)N(C)C)c1)C1NC(=O)N(c2ccc(OC(F)(F)F)cc2)C1=O. The van der Waals surface area contributed by atoms with E-state index in [4.69, 9.17) is 0 Å². The Labute approximate surface area is 187 Å². The van der Waals surface area contributed by atoms with Crippen molar-refractivity contribution in [3.63, 3.8) is 0 Å². The number of benzene rings is 1. The molecule has 2 N–H and O–H groups in total. The minimum absolute atomic E-state index is 0.0296. The Morgan fingerprint density at radius 1 is 1.18 bits per heavy atom. The number of carbonyl (C=O) groups is 2. The fourth-order valence-electron chi connectivity index (χ4n) is 3.08. The van der Waals surface area contributed by atoms with Crippen LogP contribution in [-0.2, 0) is 15.0 Å². The number of hydrogen-bond acceptors (Lipinski definition) is 6. The molecule has 1 aliphatic heterocycles. The predicted octanol–water partition coefficient (Wildman–Crippen LogP) is 2.43. The van der Waals surface area contributed by atoms with Gasteiger partial charge in [-0.25, -0.2) is 14.7 Å². The molecule has 0 spiro atoms. The van der Waals surface area contributed by atoms with Crippen molar-refractivity contribution in [1.29, 1.82) is 0 Å².